The van der Waals surface area contributed by atoms with Crippen LogP contribution in [0, 0.1) is 0 Å². The number of nitrogens with one attached hydrogen (secondary N) is 2. The minimum absolute atomic E-state index is 0.417. The first kappa shape index (κ1) is 11.4. The Kier molecular flexibility index (Phi) is 4.04. The standard InChI is InChI=1S/C13H26N2/c1-13(8-10-14-11-9-13)15-12-6-4-2-3-5-7-12/h12,14-15H,2-11H2,1H3. The van der Waals surface area contributed by atoms with Crippen LogP contribution in [0.2, 0.25) is 0 Å². The van der Waals surface area contributed by atoms with Gasteiger partial charge in [0.2, 0.25) is 0 Å². The molecule has 2 rings (SSSR count). The molecule has 0 spiro atoms. The van der Waals surface area contributed by atoms with Gasteiger partial charge in [0.15, 0.2) is 0 Å². The summed E-state index contributed by atoms with van der Waals surface area (Å²) in [5, 5.41) is 7.38. The van der Waals surface area contributed by atoms with E-state index in [4.69, 9.17) is 0 Å². The highest BCUT2D eigenvalue weighted by atomic mass is 15.0. The van der Waals surface area contributed by atoms with Crippen LogP contribution < -0.4 is 10.6 Å². The Bertz CT molecular complexity index is 177. The summed E-state index contributed by atoms with van der Waals surface area (Å²) >= 11 is 0. The second-order valence-electron chi connectivity index (χ2n) is 5.64. The van der Waals surface area contributed by atoms with Crippen LogP contribution in [0.4, 0.5) is 0 Å². The molecule has 1 aliphatic heterocycles. The van der Waals surface area contributed by atoms with Crippen molar-refractivity contribution in [2.45, 2.75) is 69.9 Å². The molecule has 1 aliphatic carbocycles. The van der Waals surface area contributed by atoms with E-state index < -0.39 is 0 Å². The zero-order valence-corrected chi connectivity index (χ0v) is 10.1. The van der Waals surface area contributed by atoms with Crippen LogP contribution in [0.5, 0.6) is 0 Å². The summed E-state index contributed by atoms with van der Waals surface area (Å²) in [6.45, 7) is 4.80. The van der Waals surface area contributed by atoms with Gasteiger partial charge in [-0.05, 0) is 45.7 Å². The molecule has 88 valence electrons. The van der Waals surface area contributed by atoms with Gasteiger partial charge < -0.3 is 10.6 Å². The highest BCUT2D eigenvalue weighted by Gasteiger charge is 2.28. The molecule has 0 unspecified atom stereocenters. The van der Waals surface area contributed by atoms with Gasteiger partial charge in [0.1, 0.15) is 0 Å². The Hall–Kier alpha value is -0.0800. The Balaban J connectivity index is 1.82. The fraction of sp³-hybridized carbons (Fsp3) is 1.00. The van der Waals surface area contributed by atoms with E-state index in [2.05, 4.69) is 17.6 Å². The lowest BCUT2D eigenvalue weighted by atomic mass is 9.89. The fourth-order valence-electron chi connectivity index (χ4n) is 3.04. The molecule has 2 heteroatoms. The zero-order valence-electron chi connectivity index (χ0n) is 10.1. The van der Waals surface area contributed by atoms with E-state index in [1.165, 1.54) is 64.5 Å². The second-order valence-corrected chi connectivity index (χ2v) is 5.64. The largest absolute Gasteiger partial charge is 0.317 e. The lowest BCUT2D eigenvalue weighted by molar-refractivity contribution is 0.229. The molecule has 1 saturated carbocycles. The molecule has 0 aromatic heterocycles. The molecule has 2 nitrogen and oxygen atoms in total. The van der Waals surface area contributed by atoms with Gasteiger partial charge in [0, 0.05) is 11.6 Å². The monoisotopic (exact) mass is 210 g/mol. The van der Waals surface area contributed by atoms with Crippen molar-refractivity contribution < 1.29 is 0 Å². The molecule has 1 heterocycles. The molecule has 0 atom stereocenters. The average Bonchev–Trinajstić information content (AvgIpc) is 2.47. The molecule has 0 bridgehead atoms. The number of rotatable bonds is 2. The highest BCUT2D eigenvalue weighted by Crippen LogP contribution is 2.23. The molecule has 15 heavy (non-hydrogen) atoms. The lowest BCUT2D eigenvalue weighted by Gasteiger charge is -2.38. The third-order valence-electron chi connectivity index (χ3n) is 4.11. The molecule has 2 N–H and O–H groups in total. The van der Waals surface area contributed by atoms with Crippen molar-refractivity contribution in [3.05, 3.63) is 0 Å². The van der Waals surface area contributed by atoms with Gasteiger partial charge in [-0.25, -0.2) is 0 Å². The molecule has 0 amide bonds. The van der Waals surface area contributed by atoms with Gasteiger partial charge in [0.05, 0.1) is 0 Å². The van der Waals surface area contributed by atoms with Crippen LogP contribution in [0.1, 0.15) is 58.3 Å². The third-order valence-corrected chi connectivity index (χ3v) is 4.11. The van der Waals surface area contributed by atoms with Crippen molar-refractivity contribution in [3.63, 3.8) is 0 Å². The Morgan fingerprint density at radius 2 is 1.60 bits per heavy atom. The van der Waals surface area contributed by atoms with E-state index in [9.17, 15) is 0 Å². The maximum atomic E-state index is 3.93. The van der Waals surface area contributed by atoms with E-state index in [0.717, 1.165) is 6.04 Å². The number of piperidine rings is 1. The zero-order chi connectivity index (χ0) is 10.6. The van der Waals surface area contributed by atoms with E-state index >= 15 is 0 Å². The second kappa shape index (κ2) is 5.31. The minimum Gasteiger partial charge on any atom is -0.317 e. The summed E-state index contributed by atoms with van der Waals surface area (Å²) in [4.78, 5) is 0. The minimum atomic E-state index is 0.417. The highest BCUT2D eigenvalue weighted by molar-refractivity contribution is 4.91. The summed E-state index contributed by atoms with van der Waals surface area (Å²) in [7, 11) is 0. The molecule has 0 radical (unpaired) electrons. The van der Waals surface area contributed by atoms with Gasteiger partial charge in [-0.3, -0.25) is 0 Å². The van der Waals surface area contributed by atoms with Crippen LogP contribution in [-0.4, -0.2) is 24.7 Å². The predicted molar refractivity (Wildman–Crippen MR) is 65.1 cm³/mol. The molecule has 0 aromatic carbocycles. The first-order chi connectivity index (χ1) is 7.29. The fourth-order valence-corrected chi connectivity index (χ4v) is 3.04. The molecule has 2 fully saturated rings. The maximum Gasteiger partial charge on any atom is 0.0180 e. The Morgan fingerprint density at radius 3 is 2.20 bits per heavy atom. The van der Waals surface area contributed by atoms with Crippen LogP contribution in [0.25, 0.3) is 0 Å². The predicted octanol–water partition coefficient (Wildman–Crippen LogP) is 2.44. The Labute approximate surface area is 94.2 Å². The van der Waals surface area contributed by atoms with Gasteiger partial charge in [-0.2, -0.15) is 0 Å². The van der Waals surface area contributed by atoms with Crippen molar-refractivity contribution in [2.24, 2.45) is 0 Å². The van der Waals surface area contributed by atoms with Crippen LogP contribution in [0.15, 0.2) is 0 Å². The Morgan fingerprint density at radius 1 is 1.00 bits per heavy atom. The molecule has 2 aliphatic rings. The molecular weight excluding hydrogens is 184 g/mol. The third kappa shape index (κ3) is 3.46. The molecule has 1 saturated heterocycles. The lowest BCUT2D eigenvalue weighted by Crippen LogP contribution is -2.53. The normalized spacial score (nSPS) is 28.6. The van der Waals surface area contributed by atoms with Crippen molar-refractivity contribution in [1.82, 2.24) is 10.6 Å². The topological polar surface area (TPSA) is 24.1 Å². The smallest absolute Gasteiger partial charge is 0.0180 e. The van der Waals surface area contributed by atoms with E-state index in [1.54, 1.807) is 0 Å². The molecular formula is C13H26N2. The van der Waals surface area contributed by atoms with E-state index in [-0.39, 0.29) is 0 Å². The first-order valence-corrected chi connectivity index (χ1v) is 6.77. The SMILES string of the molecule is CC1(NC2CCCCCC2)CCNCC1. The number of hydrogen-bond acceptors (Lipinski definition) is 2. The van der Waals surface area contributed by atoms with Gasteiger partial charge in [0.25, 0.3) is 0 Å². The molecule has 0 aromatic rings. The summed E-state index contributed by atoms with van der Waals surface area (Å²) < 4.78 is 0. The average molecular weight is 210 g/mol. The van der Waals surface area contributed by atoms with Gasteiger partial charge >= 0.3 is 0 Å². The van der Waals surface area contributed by atoms with Crippen molar-refractivity contribution >= 4 is 0 Å². The summed E-state index contributed by atoms with van der Waals surface area (Å²) in [6, 6.07) is 0.801. The van der Waals surface area contributed by atoms with Crippen molar-refractivity contribution in [1.29, 1.82) is 0 Å². The van der Waals surface area contributed by atoms with E-state index in [1.807, 2.05) is 0 Å². The van der Waals surface area contributed by atoms with Crippen LogP contribution in [0.3, 0.4) is 0 Å². The van der Waals surface area contributed by atoms with Crippen LogP contribution in [-0.2, 0) is 0 Å². The van der Waals surface area contributed by atoms with Gasteiger partial charge in [-0.15, -0.1) is 0 Å². The number of hydrogen-bond donors (Lipinski definition) is 2. The summed E-state index contributed by atoms with van der Waals surface area (Å²) in [5.41, 5.74) is 0.417. The van der Waals surface area contributed by atoms with Gasteiger partial charge in [-0.1, -0.05) is 25.7 Å². The summed E-state index contributed by atoms with van der Waals surface area (Å²) in [5.74, 6) is 0. The van der Waals surface area contributed by atoms with Crippen molar-refractivity contribution in [2.75, 3.05) is 13.1 Å². The summed E-state index contributed by atoms with van der Waals surface area (Å²) in [6.07, 6.45) is 11.2. The first-order valence-electron chi connectivity index (χ1n) is 6.77. The quantitative estimate of drug-likeness (QED) is 0.684. The van der Waals surface area contributed by atoms with E-state index in [0.29, 0.717) is 5.54 Å². The van der Waals surface area contributed by atoms with Crippen LogP contribution >= 0.6 is 0 Å². The maximum absolute atomic E-state index is 3.93. The van der Waals surface area contributed by atoms with Crippen molar-refractivity contribution in [3.8, 4) is 0 Å².